The number of hydrogen-bond acceptors (Lipinski definition) is 0. The van der Waals surface area contributed by atoms with E-state index in [0.29, 0.717) is 0 Å². The minimum atomic E-state index is 0.790. The first kappa shape index (κ1) is 12.3. The van der Waals surface area contributed by atoms with Crippen LogP contribution in [0.2, 0.25) is 5.02 Å². The van der Waals surface area contributed by atoms with Crippen molar-refractivity contribution in [1.29, 1.82) is 0 Å². The molecule has 2 aromatic carbocycles. The van der Waals surface area contributed by atoms with Crippen LogP contribution in [-0.2, 0) is 6.54 Å². The summed E-state index contributed by atoms with van der Waals surface area (Å²) in [5, 5.41) is 2.02. The van der Waals surface area contributed by atoms with Gasteiger partial charge in [0.1, 0.15) is 0 Å². The van der Waals surface area contributed by atoms with E-state index in [1.165, 1.54) is 27.7 Å². The van der Waals surface area contributed by atoms with Crippen LogP contribution in [0.5, 0.6) is 0 Å². The molecule has 0 spiro atoms. The van der Waals surface area contributed by atoms with Crippen molar-refractivity contribution < 1.29 is 0 Å². The third kappa shape index (κ3) is 1.95. The van der Waals surface area contributed by atoms with E-state index in [9.17, 15) is 0 Å². The van der Waals surface area contributed by atoms with Gasteiger partial charge in [-0.05, 0) is 37.6 Å². The molecule has 0 radical (unpaired) electrons. The van der Waals surface area contributed by atoms with E-state index < -0.39 is 0 Å². The van der Waals surface area contributed by atoms with Crippen LogP contribution in [0.25, 0.3) is 22.0 Å². The number of aromatic nitrogens is 1. The van der Waals surface area contributed by atoms with Crippen molar-refractivity contribution in [2.24, 2.45) is 0 Å². The zero-order valence-corrected chi connectivity index (χ0v) is 11.9. The Labute approximate surface area is 118 Å². The second-order valence-electron chi connectivity index (χ2n) is 4.73. The second kappa shape index (κ2) is 4.75. The van der Waals surface area contributed by atoms with Crippen molar-refractivity contribution in [2.75, 3.05) is 0 Å². The number of hydrogen-bond donors (Lipinski definition) is 0. The number of fused-ring (bicyclic) bond motifs is 1. The van der Waals surface area contributed by atoms with Gasteiger partial charge < -0.3 is 4.57 Å². The summed E-state index contributed by atoms with van der Waals surface area (Å²) in [7, 11) is 0. The van der Waals surface area contributed by atoms with Crippen molar-refractivity contribution in [3.05, 3.63) is 59.2 Å². The third-order valence-corrected chi connectivity index (χ3v) is 3.90. The van der Waals surface area contributed by atoms with Crippen molar-refractivity contribution in [3.8, 4) is 11.1 Å². The zero-order chi connectivity index (χ0) is 13.4. The molecule has 0 aliphatic carbocycles. The minimum absolute atomic E-state index is 0.790. The average molecular weight is 270 g/mol. The number of nitrogens with zero attached hydrogens (tertiary/aromatic N) is 1. The molecule has 0 unspecified atom stereocenters. The Morgan fingerprint density at radius 1 is 1.05 bits per heavy atom. The molecule has 3 rings (SSSR count). The quantitative estimate of drug-likeness (QED) is 0.596. The lowest BCUT2D eigenvalue weighted by atomic mass is 10.0. The van der Waals surface area contributed by atoms with Crippen molar-refractivity contribution in [1.82, 2.24) is 4.57 Å². The van der Waals surface area contributed by atoms with Gasteiger partial charge in [0.25, 0.3) is 0 Å². The van der Waals surface area contributed by atoms with E-state index in [4.69, 9.17) is 11.6 Å². The molecular weight excluding hydrogens is 254 g/mol. The fraction of sp³-hybridized carbons (Fsp3) is 0.176. The van der Waals surface area contributed by atoms with Crippen molar-refractivity contribution in [2.45, 2.75) is 20.4 Å². The molecule has 1 heterocycles. The topological polar surface area (TPSA) is 4.93 Å². The van der Waals surface area contributed by atoms with E-state index in [2.05, 4.69) is 54.8 Å². The molecule has 3 aromatic rings. The van der Waals surface area contributed by atoms with Crippen LogP contribution in [0.15, 0.2) is 48.5 Å². The summed E-state index contributed by atoms with van der Waals surface area (Å²) >= 11 is 6.17. The normalized spacial score (nSPS) is 11.1. The van der Waals surface area contributed by atoms with Crippen LogP contribution in [-0.4, -0.2) is 4.57 Å². The highest BCUT2D eigenvalue weighted by molar-refractivity contribution is 6.31. The summed E-state index contributed by atoms with van der Waals surface area (Å²) in [5.41, 5.74) is 5.09. The van der Waals surface area contributed by atoms with Crippen LogP contribution >= 0.6 is 11.6 Å². The second-order valence-corrected chi connectivity index (χ2v) is 5.17. The number of aryl methyl sites for hydroxylation is 1. The molecule has 1 nitrogen and oxygen atoms in total. The fourth-order valence-electron chi connectivity index (χ4n) is 2.83. The summed E-state index contributed by atoms with van der Waals surface area (Å²) in [4.78, 5) is 0. The predicted molar refractivity (Wildman–Crippen MR) is 82.8 cm³/mol. The van der Waals surface area contributed by atoms with Crippen LogP contribution in [0, 0.1) is 6.92 Å². The molecule has 0 atom stereocenters. The third-order valence-electron chi connectivity index (χ3n) is 3.66. The highest BCUT2D eigenvalue weighted by Gasteiger charge is 2.14. The van der Waals surface area contributed by atoms with Crippen molar-refractivity contribution >= 4 is 22.5 Å². The van der Waals surface area contributed by atoms with Crippen molar-refractivity contribution in [3.63, 3.8) is 0 Å². The van der Waals surface area contributed by atoms with Gasteiger partial charge in [-0.15, -0.1) is 0 Å². The van der Waals surface area contributed by atoms with E-state index in [-0.39, 0.29) is 0 Å². The van der Waals surface area contributed by atoms with Gasteiger partial charge in [-0.3, -0.25) is 0 Å². The Balaban J connectivity index is 2.41. The van der Waals surface area contributed by atoms with Gasteiger partial charge in [-0.2, -0.15) is 0 Å². The summed E-state index contributed by atoms with van der Waals surface area (Å²) in [6.07, 6.45) is 0. The lowest BCUT2D eigenvalue weighted by molar-refractivity contribution is 0.771. The standard InChI is InChI=1S/C17H16ClN/c1-3-19-12(2)17(13-7-5-4-6-8-13)15-11-14(18)9-10-16(15)19/h4-11H,3H2,1-2H3. The molecule has 96 valence electrons. The number of halogens is 1. The Morgan fingerprint density at radius 3 is 2.47 bits per heavy atom. The summed E-state index contributed by atoms with van der Waals surface area (Å²) < 4.78 is 2.34. The smallest absolute Gasteiger partial charge is 0.0489 e. The molecule has 0 bridgehead atoms. The first-order chi connectivity index (χ1) is 9.22. The Bertz CT molecular complexity index is 726. The highest BCUT2D eigenvalue weighted by atomic mass is 35.5. The maximum absolute atomic E-state index is 6.17. The highest BCUT2D eigenvalue weighted by Crippen LogP contribution is 2.35. The van der Waals surface area contributed by atoms with Crippen LogP contribution in [0.3, 0.4) is 0 Å². The first-order valence-electron chi connectivity index (χ1n) is 6.56. The van der Waals surface area contributed by atoms with Gasteiger partial charge in [-0.1, -0.05) is 41.9 Å². The molecule has 1 aromatic heterocycles. The van der Waals surface area contributed by atoms with Gasteiger partial charge >= 0.3 is 0 Å². The molecule has 0 aliphatic heterocycles. The van der Waals surface area contributed by atoms with Gasteiger partial charge in [0.2, 0.25) is 0 Å². The lowest BCUT2D eigenvalue weighted by Crippen LogP contribution is -1.96. The molecule has 19 heavy (non-hydrogen) atoms. The lowest BCUT2D eigenvalue weighted by Gasteiger charge is -2.05. The van der Waals surface area contributed by atoms with Crippen LogP contribution in [0.1, 0.15) is 12.6 Å². The molecule has 0 aliphatic rings. The molecule has 0 saturated heterocycles. The molecule has 0 amide bonds. The zero-order valence-electron chi connectivity index (χ0n) is 11.2. The van der Waals surface area contributed by atoms with Crippen LogP contribution < -0.4 is 0 Å². The first-order valence-corrected chi connectivity index (χ1v) is 6.94. The average Bonchev–Trinajstić information content (AvgIpc) is 2.70. The molecule has 2 heteroatoms. The van der Waals surface area contributed by atoms with E-state index >= 15 is 0 Å². The molecule has 0 saturated carbocycles. The number of benzene rings is 2. The Hall–Kier alpha value is -1.73. The summed E-state index contributed by atoms with van der Waals surface area (Å²) in [5.74, 6) is 0. The maximum Gasteiger partial charge on any atom is 0.0489 e. The predicted octanol–water partition coefficient (Wildman–Crippen LogP) is 5.29. The molecule has 0 N–H and O–H groups in total. The van der Waals surface area contributed by atoms with E-state index in [0.717, 1.165) is 11.6 Å². The van der Waals surface area contributed by atoms with Gasteiger partial charge in [0, 0.05) is 33.7 Å². The summed E-state index contributed by atoms with van der Waals surface area (Å²) in [6.45, 7) is 5.33. The van der Waals surface area contributed by atoms with Gasteiger partial charge in [-0.25, -0.2) is 0 Å². The molecule has 0 fully saturated rings. The monoisotopic (exact) mass is 269 g/mol. The Morgan fingerprint density at radius 2 is 1.79 bits per heavy atom. The summed E-state index contributed by atoms with van der Waals surface area (Å²) in [6, 6.07) is 16.7. The molecular formula is C17H16ClN. The van der Waals surface area contributed by atoms with Gasteiger partial charge in [0.15, 0.2) is 0 Å². The SMILES string of the molecule is CCn1c(C)c(-c2ccccc2)c2cc(Cl)ccc21. The largest absolute Gasteiger partial charge is 0.345 e. The van der Waals surface area contributed by atoms with Crippen LogP contribution in [0.4, 0.5) is 0 Å². The Kier molecular flexibility index (Phi) is 3.08. The van der Waals surface area contributed by atoms with E-state index in [1.54, 1.807) is 0 Å². The van der Waals surface area contributed by atoms with E-state index in [1.807, 2.05) is 12.1 Å². The fourth-order valence-corrected chi connectivity index (χ4v) is 3.00. The minimum Gasteiger partial charge on any atom is -0.345 e. The number of rotatable bonds is 2. The van der Waals surface area contributed by atoms with Gasteiger partial charge in [0.05, 0.1) is 0 Å². The maximum atomic E-state index is 6.17.